The number of hydrogen-bond donors (Lipinski definition) is 0. The van der Waals surface area contributed by atoms with Crippen LogP contribution in [0.1, 0.15) is 55.1 Å². The minimum Gasteiger partial charge on any atom is -0.287 e. The first kappa shape index (κ1) is 25.7. The van der Waals surface area contributed by atoms with Crippen LogP contribution in [0.4, 0.5) is 13.2 Å². The van der Waals surface area contributed by atoms with E-state index in [0.717, 1.165) is 58.5 Å². The fraction of sp³-hybridized carbons (Fsp3) is 0.296. The second-order valence-electron chi connectivity index (χ2n) is 8.03. The van der Waals surface area contributed by atoms with Crippen LogP contribution in [-0.2, 0) is 15.9 Å². The van der Waals surface area contributed by atoms with Crippen LogP contribution in [0.3, 0.4) is 0 Å². The lowest BCUT2D eigenvalue weighted by Crippen LogP contribution is -2.04. The molecule has 3 nitrogen and oxygen atoms in total. The van der Waals surface area contributed by atoms with Crippen molar-refractivity contribution in [1.29, 1.82) is 0 Å². The van der Waals surface area contributed by atoms with Crippen molar-refractivity contribution in [2.75, 3.05) is 0 Å². The van der Waals surface area contributed by atoms with Gasteiger partial charge in [-0.25, -0.2) is 4.79 Å². The van der Waals surface area contributed by atoms with Crippen LogP contribution < -0.4 is 4.89 Å². The molecule has 0 fully saturated rings. The van der Waals surface area contributed by atoms with Gasteiger partial charge < -0.3 is 0 Å². The fourth-order valence-electron chi connectivity index (χ4n) is 3.48. The van der Waals surface area contributed by atoms with Gasteiger partial charge in [0.25, 0.3) is 0 Å². The molecule has 0 saturated carbocycles. The molecule has 3 aromatic carbocycles. The summed E-state index contributed by atoms with van der Waals surface area (Å²) >= 11 is 1.75. The van der Waals surface area contributed by atoms with E-state index in [2.05, 4.69) is 11.8 Å². The van der Waals surface area contributed by atoms with Crippen LogP contribution >= 0.6 is 11.8 Å². The van der Waals surface area contributed by atoms with Gasteiger partial charge >= 0.3 is 12.1 Å². The second kappa shape index (κ2) is 11.5. The summed E-state index contributed by atoms with van der Waals surface area (Å²) < 4.78 is 38.5. The van der Waals surface area contributed by atoms with E-state index in [9.17, 15) is 18.0 Å². The first-order chi connectivity index (χ1) is 16.2. The van der Waals surface area contributed by atoms with Crippen molar-refractivity contribution in [3.63, 3.8) is 0 Å². The van der Waals surface area contributed by atoms with Crippen LogP contribution in [0.5, 0.6) is 5.75 Å². The Morgan fingerprint density at radius 1 is 0.971 bits per heavy atom. The van der Waals surface area contributed by atoms with E-state index in [1.165, 1.54) is 19.1 Å². The number of unbranched alkanes of at least 4 members (excludes halogenated alkanes) is 1. The first-order valence-corrected chi connectivity index (χ1v) is 12.0. The third-order valence-electron chi connectivity index (χ3n) is 5.32. The number of carbonyl (C=O) groups excluding carboxylic acids is 1. The number of rotatable bonds is 9. The van der Waals surface area contributed by atoms with Gasteiger partial charge in [0, 0.05) is 17.1 Å². The van der Waals surface area contributed by atoms with Gasteiger partial charge in [-0.05, 0) is 65.9 Å². The smallest absolute Gasteiger partial charge is 0.287 e. The molecule has 0 aliphatic carbocycles. The minimum absolute atomic E-state index is 0.223. The van der Waals surface area contributed by atoms with Crippen LogP contribution in [0.15, 0.2) is 71.6 Å². The van der Waals surface area contributed by atoms with Crippen LogP contribution in [0.25, 0.3) is 11.1 Å². The molecule has 0 saturated heterocycles. The summed E-state index contributed by atoms with van der Waals surface area (Å²) in [5, 5.41) is 0.223. The molecule has 180 valence electrons. The number of benzene rings is 3. The maximum Gasteiger partial charge on any atom is 0.416 e. The highest BCUT2D eigenvalue weighted by atomic mass is 32.2. The van der Waals surface area contributed by atoms with E-state index in [1.807, 2.05) is 43.3 Å². The molecule has 0 N–H and O–H groups in total. The van der Waals surface area contributed by atoms with Gasteiger partial charge in [-0.3, -0.25) is 9.78 Å². The Bertz CT molecular complexity index is 1090. The molecule has 3 rings (SSSR count). The second-order valence-corrected chi connectivity index (χ2v) is 9.31. The number of aryl methyl sites for hydroxylation is 1. The molecular weight excluding hydrogens is 461 g/mol. The first-order valence-electron chi connectivity index (χ1n) is 11.1. The summed E-state index contributed by atoms with van der Waals surface area (Å²) in [4.78, 5) is 21.7. The molecular formula is C27H27F3O3S. The normalized spacial score (nSPS) is 12.3. The Balaban J connectivity index is 1.76. The van der Waals surface area contributed by atoms with E-state index < -0.39 is 17.7 Å². The van der Waals surface area contributed by atoms with Gasteiger partial charge in [-0.15, -0.1) is 11.8 Å². The predicted molar refractivity (Wildman–Crippen MR) is 129 cm³/mol. The Kier molecular flexibility index (Phi) is 8.67. The topological polar surface area (TPSA) is 35.5 Å². The van der Waals surface area contributed by atoms with Crippen molar-refractivity contribution in [2.24, 2.45) is 0 Å². The molecule has 0 heterocycles. The van der Waals surface area contributed by atoms with Gasteiger partial charge in [0.15, 0.2) is 5.75 Å². The van der Waals surface area contributed by atoms with Gasteiger partial charge in [-0.2, -0.15) is 13.2 Å². The molecule has 0 amide bonds. The highest BCUT2D eigenvalue weighted by Gasteiger charge is 2.30. The van der Waals surface area contributed by atoms with Gasteiger partial charge in [0.2, 0.25) is 0 Å². The number of hydrogen-bond acceptors (Lipinski definition) is 4. The summed E-state index contributed by atoms with van der Waals surface area (Å²) in [6.07, 6.45) is -1.19. The molecule has 0 radical (unpaired) electrons. The van der Waals surface area contributed by atoms with E-state index in [-0.39, 0.29) is 5.25 Å². The molecule has 0 aromatic heterocycles. The van der Waals surface area contributed by atoms with Gasteiger partial charge in [0.05, 0.1) is 5.56 Å². The number of thioether (sulfide) groups is 1. The zero-order chi connectivity index (χ0) is 24.7. The lowest BCUT2D eigenvalue weighted by atomic mass is 10.00. The van der Waals surface area contributed by atoms with Crippen molar-refractivity contribution in [1.82, 2.24) is 0 Å². The van der Waals surface area contributed by atoms with Crippen molar-refractivity contribution in [2.45, 2.75) is 56.4 Å². The van der Waals surface area contributed by atoms with Crippen LogP contribution in [0, 0.1) is 6.92 Å². The summed E-state index contributed by atoms with van der Waals surface area (Å²) in [6.45, 7) is 5.32. The Hall–Kier alpha value is -2.93. The van der Waals surface area contributed by atoms with Crippen molar-refractivity contribution < 1.29 is 27.7 Å². The largest absolute Gasteiger partial charge is 0.416 e. The molecule has 34 heavy (non-hydrogen) atoms. The van der Waals surface area contributed by atoms with Crippen molar-refractivity contribution in [3.8, 4) is 16.9 Å². The van der Waals surface area contributed by atoms with Crippen LogP contribution in [-0.4, -0.2) is 5.97 Å². The average Bonchev–Trinajstić information content (AvgIpc) is 2.81. The quantitative estimate of drug-likeness (QED) is 0.172. The van der Waals surface area contributed by atoms with Gasteiger partial charge in [-0.1, -0.05) is 56.2 Å². The molecule has 1 atom stereocenters. The Labute approximate surface area is 202 Å². The number of carbonyl (C=O) groups is 1. The lowest BCUT2D eigenvalue weighted by Gasteiger charge is -2.18. The Morgan fingerprint density at radius 3 is 2.12 bits per heavy atom. The Morgan fingerprint density at radius 2 is 1.59 bits per heavy atom. The lowest BCUT2D eigenvalue weighted by molar-refractivity contribution is -0.211. The standard InChI is InChI=1S/C27H27F3O3S/c1-4-5-6-26(34-24-15-16-25(18(2)17-24)33-32-19(3)31)22-9-7-20(8-10-22)21-11-13-23(14-12-21)27(28,29)30/h7-17,26H,4-6H2,1-3H3/t26-/m1/s1. The maximum absolute atomic E-state index is 12.8. The summed E-state index contributed by atoms with van der Waals surface area (Å²) in [5.74, 6) is -0.0252. The van der Waals surface area contributed by atoms with E-state index in [0.29, 0.717) is 5.75 Å². The molecule has 0 spiro atoms. The van der Waals surface area contributed by atoms with Crippen LogP contribution in [0.2, 0.25) is 0 Å². The number of halogens is 3. The molecule has 0 aliphatic heterocycles. The summed E-state index contributed by atoms with van der Waals surface area (Å²) in [6, 6.07) is 19.0. The van der Waals surface area contributed by atoms with Crippen molar-refractivity contribution >= 4 is 17.7 Å². The zero-order valence-electron chi connectivity index (χ0n) is 19.3. The third kappa shape index (κ3) is 7.03. The molecule has 7 heteroatoms. The van der Waals surface area contributed by atoms with E-state index >= 15 is 0 Å². The van der Waals surface area contributed by atoms with E-state index in [4.69, 9.17) is 4.89 Å². The molecule has 0 aliphatic rings. The SMILES string of the molecule is CCCC[C@@H](Sc1ccc(OOC(C)=O)c(C)c1)c1ccc(-c2ccc(C(F)(F)F)cc2)cc1. The molecule has 0 unspecified atom stereocenters. The average molecular weight is 489 g/mol. The summed E-state index contributed by atoms with van der Waals surface area (Å²) in [7, 11) is 0. The summed E-state index contributed by atoms with van der Waals surface area (Å²) in [5.41, 5.74) is 2.99. The monoisotopic (exact) mass is 488 g/mol. The molecule has 3 aromatic rings. The van der Waals surface area contributed by atoms with E-state index in [1.54, 1.807) is 17.8 Å². The minimum atomic E-state index is -4.34. The number of alkyl halides is 3. The third-order valence-corrected chi connectivity index (χ3v) is 6.64. The molecule has 0 bridgehead atoms. The fourth-order valence-corrected chi connectivity index (χ4v) is 4.78. The highest BCUT2D eigenvalue weighted by Crippen LogP contribution is 2.41. The van der Waals surface area contributed by atoms with Gasteiger partial charge in [0.1, 0.15) is 0 Å². The predicted octanol–water partition coefficient (Wildman–Crippen LogP) is 8.56. The zero-order valence-corrected chi connectivity index (χ0v) is 20.1. The highest BCUT2D eigenvalue weighted by molar-refractivity contribution is 7.99. The van der Waals surface area contributed by atoms with Crippen molar-refractivity contribution in [3.05, 3.63) is 83.4 Å². The maximum atomic E-state index is 12.8.